The molecule has 5 heteroatoms. The van der Waals surface area contributed by atoms with Crippen LogP contribution in [0.3, 0.4) is 0 Å². The van der Waals surface area contributed by atoms with Crippen LogP contribution in [-0.4, -0.2) is 22.6 Å². The van der Waals surface area contributed by atoms with E-state index < -0.39 is 0 Å². The van der Waals surface area contributed by atoms with Crippen molar-refractivity contribution in [1.29, 1.82) is 0 Å². The first-order valence-electron chi connectivity index (χ1n) is 5.93. The summed E-state index contributed by atoms with van der Waals surface area (Å²) >= 11 is 3.48. The Balaban J connectivity index is 2.04. The number of methoxy groups -OCH3 is 1. The third-order valence-electron chi connectivity index (χ3n) is 3.26. The summed E-state index contributed by atoms with van der Waals surface area (Å²) in [5, 5.41) is 0. The number of hydrogen-bond acceptors (Lipinski definition) is 3. The molecule has 1 aliphatic carbocycles. The number of aromatic nitrogens is 2. The van der Waals surface area contributed by atoms with E-state index in [1.54, 1.807) is 12.1 Å². The first-order chi connectivity index (χ1) is 8.69. The zero-order valence-corrected chi connectivity index (χ0v) is 11.6. The van der Waals surface area contributed by atoms with E-state index in [2.05, 4.69) is 25.5 Å². The maximum absolute atomic E-state index is 11.5. The fourth-order valence-corrected chi connectivity index (χ4v) is 2.60. The predicted molar refractivity (Wildman–Crippen MR) is 71.5 cm³/mol. The largest absolute Gasteiger partial charge is 0.465 e. The number of rotatable bonds is 3. The molecule has 1 aromatic heterocycles. The second kappa shape index (κ2) is 4.39. The van der Waals surface area contributed by atoms with Gasteiger partial charge in [-0.2, -0.15) is 0 Å². The van der Waals surface area contributed by atoms with Crippen LogP contribution in [0.5, 0.6) is 0 Å². The van der Waals surface area contributed by atoms with Crippen LogP contribution in [0.25, 0.3) is 11.0 Å². The molecule has 94 valence electrons. The molecule has 2 aromatic rings. The zero-order valence-electron chi connectivity index (χ0n) is 10.0. The molecule has 1 fully saturated rings. The summed E-state index contributed by atoms with van der Waals surface area (Å²) in [5.74, 6) is 0.448. The number of esters is 1. The molecule has 1 saturated carbocycles. The lowest BCUT2D eigenvalue weighted by atomic mass is 10.2. The van der Waals surface area contributed by atoms with E-state index in [1.807, 2.05) is 6.07 Å². The van der Waals surface area contributed by atoms with Crippen molar-refractivity contribution < 1.29 is 9.53 Å². The fourth-order valence-electron chi connectivity index (χ4n) is 2.08. The highest BCUT2D eigenvalue weighted by Crippen LogP contribution is 2.33. The van der Waals surface area contributed by atoms with Gasteiger partial charge in [-0.3, -0.25) is 0 Å². The minimum absolute atomic E-state index is 0.329. The van der Waals surface area contributed by atoms with Crippen LogP contribution in [0.2, 0.25) is 0 Å². The molecule has 0 N–H and O–H groups in total. The molecule has 0 amide bonds. The first kappa shape index (κ1) is 11.7. The highest BCUT2D eigenvalue weighted by Gasteiger charge is 2.24. The van der Waals surface area contributed by atoms with E-state index in [0.29, 0.717) is 5.56 Å². The number of carbonyl (C=O) groups excluding carboxylic acids is 1. The summed E-state index contributed by atoms with van der Waals surface area (Å²) in [5.41, 5.74) is 2.42. The monoisotopic (exact) mass is 308 g/mol. The molecule has 1 aromatic carbocycles. The summed E-state index contributed by atoms with van der Waals surface area (Å²) < 4.78 is 7.70. The van der Waals surface area contributed by atoms with Crippen molar-refractivity contribution >= 4 is 32.9 Å². The van der Waals surface area contributed by atoms with Gasteiger partial charge in [-0.05, 0) is 52.9 Å². The Morgan fingerprint density at radius 2 is 2.33 bits per heavy atom. The summed E-state index contributed by atoms with van der Waals surface area (Å²) in [7, 11) is 1.38. The first-order valence-corrected chi connectivity index (χ1v) is 6.72. The van der Waals surface area contributed by atoms with E-state index in [9.17, 15) is 4.79 Å². The van der Waals surface area contributed by atoms with Gasteiger partial charge in [-0.25, -0.2) is 9.78 Å². The second-order valence-electron chi connectivity index (χ2n) is 4.63. The van der Waals surface area contributed by atoms with Gasteiger partial charge in [0, 0.05) is 6.54 Å². The lowest BCUT2D eigenvalue weighted by molar-refractivity contribution is 0.0601. The molecule has 0 bridgehead atoms. The van der Waals surface area contributed by atoms with E-state index in [1.165, 1.54) is 20.0 Å². The average Bonchev–Trinajstić information content (AvgIpc) is 3.13. The fraction of sp³-hybridized carbons (Fsp3) is 0.385. The Morgan fingerprint density at radius 1 is 1.56 bits per heavy atom. The Bertz CT molecular complexity index is 617. The van der Waals surface area contributed by atoms with Crippen molar-refractivity contribution in [1.82, 2.24) is 9.55 Å². The van der Waals surface area contributed by atoms with Crippen molar-refractivity contribution in [2.45, 2.75) is 19.4 Å². The van der Waals surface area contributed by atoms with Gasteiger partial charge in [-0.1, -0.05) is 0 Å². The quantitative estimate of drug-likeness (QED) is 0.819. The number of benzene rings is 1. The molecule has 0 saturated heterocycles. The number of imidazole rings is 1. The maximum atomic E-state index is 11.5. The molecule has 0 atom stereocenters. The van der Waals surface area contributed by atoms with Crippen LogP contribution < -0.4 is 0 Å². The lowest BCUT2D eigenvalue weighted by Gasteiger charge is -2.04. The topological polar surface area (TPSA) is 44.1 Å². The smallest absolute Gasteiger partial charge is 0.337 e. The summed E-state index contributed by atoms with van der Waals surface area (Å²) in [6.07, 6.45) is 2.60. The summed E-state index contributed by atoms with van der Waals surface area (Å²) in [6, 6.07) is 5.49. The Hall–Kier alpha value is -1.36. The van der Waals surface area contributed by atoms with Crippen LogP contribution in [0, 0.1) is 5.92 Å². The molecule has 3 rings (SSSR count). The zero-order chi connectivity index (χ0) is 12.7. The highest BCUT2D eigenvalue weighted by atomic mass is 79.9. The standard InChI is InChI=1S/C13H13BrN2O2/c1-18-12(17)9-4-5-11-10(6-9)15-13(14)16(11)7-8-2-3-8/h4-6,8H,2-3,7H2,1H3. The van der Waals surface area contributed by atoms with Crippen molar-refractivity contribution in [3.8, 4) is 0 Å². The Morgan fingerprint density at radius 3 is 3.00 bits per heavy atom. The number of fused-ring (bicyclic) bond motifs is 1. The summed E-state index contributed by atoms with van der Waals surface area (Å²) in [6.45, 7) is 0.995. The van der Waals surface area contributed by atoms with E-state index >= 15 is 0 Å². The molecule has 0 radical (unpaired) electrons. The summed E-state index contributed by atoms with van der Waals surface area (Å²) in [4.78, 5) is 15.9. The molecule has 0 aliphatic heterocycles. The van der Waals surface area contributed by atoms with Crippen LogP contribution in [0.1, 0.15) is 23.2 Å². The molecule has 1 heterocycles. The molecule has 0 spiro atoms. The molecule has 18 heavy (non-hydrogen) atoms. The van der Waals surface area contributed by atoms with Crippen molar-refractivity contribution in [2.24, 2.45) is 5.92 Å². The molecule has 4 nitrogen and oxygen atoms in total. The minimum atomic E-state index is -0.329. The minimum Gasteiger partial charge on any atom is -0.465 e. The number of nitrogens with zero attached hydrogens (tertiary/aromatic N) is 2. The predicted octanol–water partition coefficient (Wildman–Crippen LogP) is 3.00. The van der Waals surface area contributed by atoms with Crippen LogP contribution in [0.4, 0.5) is 0 Å². The van der Waals surface area contributed by atoms with Gasteiger partial charge in [-0.15, -0.1) is 0 Å². The van der Waals surface area contributed by atoms with Crippen LogP contribution >= 0.6 is 15.9 Å². The SMILES string of the molecule is COC(=O)c1ccc2c(c1)nc(Br)n2CC1CC1. The second-order valence-corrected chi connectivity index (χ2v) is 5.34. The molecular weight excluding hydrogens is 296 g/mol. The third kappa shape index (κ3) is 2.03. The number of ether oxygens (including phenoxy) is 1. The van der Waals surface area contributed by atoms with Crippen LogP contribution in [0.15, 0.2) is 22.9 Å². The average molecular weight is 309 g/mol. The number of hydrogen-bond donors (Lipinski definition) is 0. The normalized spacial score (nSPS) is 15.0. The molecule has 0 unspecified atom stereocenters. The van der Waals surface area contributed by atoms with Crippen LogP contribution in [-0.2, 0) is 11.3 Å². The van der Waals surface area contributed by atoms with Crippen molar-refractivity contribution in [3.63, 3.8) is 0 Å². The van der Waals surface area contributed by atoms with Gasteiger partial charge in [0.05, 0.1) is 23.7 Å². The highest BCUT2D eigenvalue weighted by molar-refractivity contribution is 9.10. The van der Waals surface area contributed by atoms with Gasteiger partial charge in [0.2, 0.25) is 0 Å². The van der Waals surface area contributed by atoms with Gasteiger partial charge >= 0.3 is 5.97 Å². The van der Waals surface area contributed by atoms with Gasteiger partial charge in [0.25, 0.3) is 0 Å². The maximum Gasteiger partial charge on any atom is 0.337 e. The van der Waals surface area contributed by atoms with Gasteiger partial charge in [0.15, 0.2) is 4.73 Å². The Kier molecular flexibility index (Phi) is 2.86. The number of halogens is 1. The van der Waals surface area contributed by atoms with Crippen molar-refractivity contribution in [2.75, 3.05) is 7.11 Å². The van der Waals surface area contributed by atoms with E-state index in [-0.39, 0.29) is 5.97 Å². The number of carbonyl (C=O) groups is 1. The van der Waals surface area contributed by atoms with Gasteiger partial charge in [0.1, 0.15) is 0 Å². The van der Waals surface area contributed by atoms with E-state index in [0.717, 1.165) is 28.2 Å². The van der Waals surface area contributed by atoms with E-state index in [4.69, 9.17) is 4.74 Å². The third-order valence-corrected chi connectivity index (χ3v) is 3.87. The lowest BCUT2D eigenvalue weighted by Crippen LogP contribution is -2.02. The van der Waals surface area contributed by atoms with Gasteiger partial charge < -0.3 is 9.30 Å². The molecule has 1 aliphatic rings. The van der Waals surface area contributed by atoms with Crippen molar-refractivity contribution in [3.05, 3.63) is 28.5 Å². The molecular formula is C13H13BrN2O2. The Labute approximate surface area is 113 Å².